The molecule has 0 radical (unpaired) electrons. The molecule has 0 aliphatic rings. The van der Waals surface area contributed by atoms with Gasteiger partial charge in [-0.2, -0.15) is 5.21 Å². The average Bonchev–Trinajstić information content (AvgIpc) is 2.98. The third-order valence-corrected chi connectivity index (χ3v) is 3.39. The second kappa shape index (κ2) is 5.13. The Balaban J connectivity index is 2.02. The van der Waals surface area contributed by atoms with E-state index in [1.165, 1.54) is 11.1 Å². The van der Waals surface area contributed by atoms with Crippen LogP contribution in [0.3, 0.4) is 0 Å². The number of tetrazole rings is 1. The minimum Gasteiger partial charge on any atom is -0.355 e. The maximum Gasteiger partial charge on any atom is 0.206 e. The van der Waals surface area contributed by atoms with E-state index in [1.807, 2.05) is 30.3 Å². The Labute approximate surface area is 117 Å². The molecule has 1 aromatic heterocycles. The molecule has 0 atom stereocenters. The third-order valence-electron chi connectivity index (χ3n) is 3.39. The molecular weight excluding hydrogens is 250 g/mol. The van der Waals surface area contributed by atoms with Gasteiger partial charge in [-0.3, -0.25) is 0 Å². The van der Waals surface area contributed by atoms with Gasteiger partial charge in [0.1, 0.15) is 0 Å². The number of hydrogen-bond acceptors (Lipinski definition) is 4. The van der Waals surface area contributed by atoms with Crippen molar-refractivity contribution in [1.82, 2.24) is 20.6 Å². The number of hydrogen-bond donors (Lipinski definition) is 2. The lowest BCUT2D eigenvalue weighted by atomic mass is 10.1. The molecule has 0 bridgehead atoms. The zero-order chi connectivity index (χ0) is 13.9. The molecule has 5 heteroatoms. The Kier molecular flexibility index (Phi) is 3.16. The van der Waals surface area contributed by atoms with Crippen LogP contribution in [0.25, 0.3) is 11.4 Å². The van der Waals surface area contributed by atoms with Crippen molar-refractivity contribution in [2.45, 2.75) is 13.8 Å². The lowest BCUT2D eigenvalue weighted by Gasteiger charge is -2.13. The van der Waals surface area contributed by atoms with Gasteiger partial charge in [0, 0.05) is 16.9 Å². The monoisotopic (exact) mass is 265 g/mol. The number of benzene rings is 2. The zero-order valence-electron chi connectivity index (χ0n) is 11.4. The van der Waals surface area contributed by atoms with Crippen LogP contribution in [0.15, 0.2) is 42.5 Å². The molecule has 100 valence electrons. The second-order valence-electron chi connectivity index (χ2n) is 4.65. The average molecular weight is 265 g/mol. The van der Waals surface area contributed by atoms with E-state index in [4.69, 9.17) is 0 Å². The number of nitrogens with one attached hydrogen (secondary N) is 2. The van der Waals surface area contributed by atoms with Crippen molar-refractivity contribution >= 4 is 11.4 Å². The molecule has 5 nitrogen and oxygen atoms in total. The molecule has 0 amide bonds. The highest BCUT2D eigenvalue weighted by molar-refractivity contribution is 5.78. The van der Waals surface area contributed by atoms with Gasteiger partial charge >= 0.3 is 0 Å². The highest BCUT2D eigenvalue weighted by Gasteiger charge is 2.10. The number of para-hydroxylation sites is 1. The molecule has 0 aliphatic heterocycles. The number of aromatic nitrogens is 4. The molecule has 1 heterocycles. The van der Waals surface area contributed by atoms with Gasteiger partial charge in [-0.1, -0.05) is 24.3 Å². The summed E-state index contributed by atoms with van der Waals surface area (Å²) in [6.07, 6.45) is 0. The van der Waals surface area contributed by atoms with Crippen LogP contribution in [0.4, 0.5) is 11.4 Å². The topological polar surface area (TPSA) is 66.5 Å². The second-order valence-corrected chi connectivity index (χ2v) is 4.65. The van der Waals surface area contributed by atoms with Gasteiger partial charge < -0.3 is 5.32 Å². The SMILES string of the molecule is Cc1cccc(Nc2ccccc2-c2nn[nH]n2)c1C. The van der Waals surface area contributed by atoms with Gasteiger partial charge in [-0.15, -0.1) is 10.2 Å². The molecule has 0 saturated heterocycles. The Morgan fingerprint density at radius 2 is 1.75 bits per heavy atom. The molecule has 2 aromatic carbocycles. The summed E-state index contributed by atoms with van der Waals surface area (Å²) in [6, 6.07) is 14.1. The molecular formula is C15H15N5. The maximum atomic E-state index is 4.04. The number of nitrogens with zero attached hydrogens (tertiary/aromatic N) is 3. The van der Waals surface area contributed by atoms with Crippen LogP contribution >= 0.6 is 0 Å². The van der Waals surface area contributed by atoms with Crippen molar-refractivity contribution in [3.63, 3.8) is 0 Å². The number of anilines is 2. The summed E-state index contributed by atoms with van der Waals surface area (Å²) in [6.45, 7) is 4.21. The van der Waals surface area contributed by atoms with Crippen molar-refractivity contribution in [3.8, 4) is 11.4 Å². The summed E-state index contributed by atoms with van der Waals surface area (Å²) in [7, 11) is 0. The van der Waals surface area contributed by atoms with E-state index in [0.29, 0.717) is 5.82 Å². The highest BCUT2D eigenvalue weighted by atomic mass is 15.5. The molecule has 0 spiro atoms. The highest BCUT2D eigenvalue weighted by Crippen LogP contribution is 2.29. The van der Waals surface area contributed by atoms with Gasteiger partial charge in [0.15, 0.2) is 0 Å². The van der Waals surface area contributed by atoms with Crippen molar-refractivity contribution in [2.75, 3.05) is 5.32 Å². The summed E-state index contributed by atoms with van der Waals surface area (Å²) in [5, 5.41) is 17.6. The number of rotatable bonds is 3. The fourth-order valence-electron chi connectivity index (χ4n) is 2.09. The van der Waals surface area contributed by atoms with E-state index in [2.05, 4.69) is 51.9 Å². The summed E-state index contributed by atoms with van der Waals surface area (Å²) in [4.78, 5) is 0. The molecule has 0 unspecified atom stereocenters. The molecule has 20 heavy (non-hydrogen) atoms. The molecule has 3 rings (SSSR count). The lowest BCUT2D eigenvalue weighted by molar-refractivity contribution is 0.881. The van der Waals surface area contributed by atoms with Crippen LogP contribution in [0.5, 0.6) is 0 Å². The first kappa shape index (κ1) is 12.3. The molecule has 0 saturated carbocycles. The van der Waals surface area contributed by atoms with Crippen LogP contribution in [0, 0.1) is 13.8 Å². The first-order valence-corrected chi connectivity index (χ1v) is 6.42. The predicted molar refractivity (Wildman–Crippen MR) is 78.8 cm³/mol. The number of H-pyrrole nitrogens is 1. The standard InChI is InChI=1S/C15H15N5/c1-10-6-5-9-13(11(10)2)16-14-8-4-3-7-12(14)15-17-19-20-18-15/h3-9,16H,1-2H3,(H,17,18,19,20). The summed E-state index contributed by atoms with van der Waals surface area (Å²) >= 11 is 0. The quantitative estimate of drug-likeness (QED) is 0.763. The van der Waals surface area contributed by atoms with E-state index in [-0.39, 0.29) is 0 Å². The van der Waals surface area contributed by atoms with Crippen LogP contribution in [-0.2, 0) is 0 Å². The minimum atomic E-state index is 0.582. The first-order chi connectivity index (χ1) is 9.75. The number of aromatic amines is 1. The Hall–Kier alpha value is -2.69. The van der Waals surface area contributed by atoms with E-state index in [0.717, 1.165) is 16.9 Å². The minimum absolute atomic E-state index is 0.582. The lowest BCUT2D eigenvalue weighted by Crippen LogP contribution is -1.97. The van der Waals surface area contributed by atoms with Crippen LogP contribution < -0.4 is 5.32 Å². The fourth-order valence-corrected chi connectivity index (χ4v) is 2.09. The van der Waals surface area contributed by atoms with Crippen molar-refractivity contribution < 1.29 is 0 Å². The largest absolute Gasteiger partial charge is 0.355 e. The summed E-state index contributed by atoms with van der Waals surface area (Å²) in [5.41, 5.74) is 5.45. The van der Waals surface area contributed by atoms with Gasteiger partial charge in [0.2, 0.25) is 5.82 Å². The van der Waals surface area contributed by atoms with Crippen LogP contribution in [0.2, 0.25) is 0 Å². The van der Waals surface area contributed by atoms with E-state index >= 15 is 0 Å². The van der Waals surface area contributed by atoms with Gasteiger partial charge in [0.25, 0.3) is 0 Å². The van der Waals surface area contributed by atoms with Crippen molar-refractivity contribution in [3.05, 3.63) is 53.6 Å². The predicted octanol–water partition coefficient (Wildman–Crippen LogP) is 3.23. The number of aryl methyl sites for hydroxylation is 1. The van der Waals surface area contributed by atoms with E-state index in [1.54, 1.807) is 0 Å². The zero-order valence-corrected chi connectivity index (χ0v) is 11.4. The Bertz CT molecular complexity index is 719. The smallest absolute Gasteiger partial charge is 0.206 e. The third kappa shape index (κ3) is 2.25. The van der Waals surface area contributed by atoms with Crippen LogP contribution in [0.1, 0.15) is 11.1 Å². The molecule has 0 aliphatic carbocycles. The molecule has 0 fully saturated rings. The van der Waals surface area contributed by atoms with Gasteiger partial charge in [-0.25, -0.2) is 0 Å². The van der Waals surface area contributed by atoms with Gasteiger partial charge in [0.05, 0.1) is 0 Å². The van der Waals surface area contributed by atoms with Crippen LogP contribution in [-0.4, -0.2) is 20.6 Å². The summed E-state index contributed by atoms with van der Waals surface area (Å²) < 4.78 is 0. The van der Waals surface area contributed by atoms with E-state index in [9.17, 15) is 0 Å². The van der Waals surface area contributed by atoms with Crippen molar-refractivity contribution in [2.24, 2.45) is 0 Å². The summed E-state index contributed by atoms with van der Waals surface area (Å²) in [5.74, 6) is 0.582. The first-order valence-electron chi connectivity index (χ1n) is 6.42. The Morgan fingerprint density at radius 1 is 0.950 bits per heavy atom. The normalized spacial score (nSPS) is 10.5. The Morgan fingerprint density at radius 3 is 2.55 bits per heavy atom. The fraction of sp³-hybridized carbons (Fsp3) is 0.133. The molecule has 2 N–H and O–H groups in total. The van der Waals surface area contributed by atoms with Gasteiger partial charge in [-0.05, 0) is 48.4 Å². The molecule has 3 aromatic rings. The van der Waals surface area contributed by atoms with E-state index < -0.39 is 0 Å². The maximum absolute atomic E-state index is 4.04. The van der Waals surface area contributed by atoms with Crippen molar-refractivity contribution in [1.29, 1.82) is 0 Å².